The first-order valence-corrected chi connectivity index (χ1v) is 5.75. The van der Waals surface area contributed by atoms with Crippen LogP contribution in [0.4, 0.5) is 0 Å². The Kier molecular flexibility index (Phi) is 3.39. The van der Waals surface area contributed by atoms with Crippen molar-refractivity contribution in [2.24, 2.45) is 0 Å². The second kappa shape index (κ2) is 4.82. The third-order valence-electron chi connectivity index (χ3n) is 2.64. The molecule has 0 saturated carbocycles. The summed E-state index contributed by atoms with van der Waals surface area (Å²) in [6.07, 6.45) is -0.0905. The van der Waals surface area contributed by atoms with E-state index in [1.807, 2.05) is 6.92 Å². The summed E-state index contributed by atoms with van der Waals surface area (Å²) in [6, 6.07) is 5.15. The van der Waals surface area contributed by atoms with Crippen LogP contribution in [-0.2, 0) is 11.2 Å². The molecule has 0 bridgehead atoms. The zero-order chi connectivity index (χ0) is 13.3. The lowest BCUT2D eigenvalue weighted by atomic mass is 10.0. The van der Waals surface area contributed by atoms with Crippen molar-refractivity contribution in [2.75, 3.05) is 7.11 Å². The number of carboxylic acids is 1. The molecule has 18 heavy (non-hydrogen) atoms. The zero-order valence-electron chi connectivity index (χ0n) is 10.0. The topological polar surface area (TPSA) is 59.4 Å². The number of carboxylic acid groups (broad SMARTS) is 1. The number of nitrogens with zero attached hydrogens (tertiary/aromatic N) is 1. The number of aromatic nitrogens is 1. The highest BCUT2D eigenvalue weighted by Gasteiger charge is 2.14. The molecule has 2 rings (SSSR count). The minimum atomic E-state index is -0.902. The molecular formula is C13H12ClNO3. The first-order valence-electron chi connectivity index (χ1n) is 5.37. The lowest BCUT2D eigenvalue weighted by Crippen LogP contribution is -2.03. The fourth-order valence-corrected chi connectivity index (χ4v) is 2.24. The number of ether oxygens (including phenoxy) is 1. The third-order valence-corrected chi connectivity index (χ3v) is 2.96. The van der Waals surface area contributed by atoms with Crippen molar-refractivity contribution in [3.8, 4) is 5.75 Å². The van der Waals surface area contributed by atoms with Gasteiger partial charge >= 0.3 is 5.97 Å². The molecule has 5 heteroatoms. The average Bonchev–Trinajstić information content (AvgIpc) is 2.27. The summed E-state index contributed by atoms with van der Waals surface area (Å²) in [7, 11) is 1.55. The maximum Gasteiger partial charge on any atom is 0.307 e. The molecule has 0 saturated heterocycles. The number of methoxy groups -OCH3 is 1. The molecule has 0 unspecified atom stereocenters. The number of rotatable bonds is 3. The number of benzene rings is 1. The van der Waals surface area contributed by atoms with Crippen molar-refractivity contribution in [2.45, 2.75) is 13.3 Å². The highest BCUT2D eigenvalue weighted by molar-refractivity contribution is 6.36. The number of pyridine rings is 1. The van der Waals surface area contributed by atoms with Crippen molar-refractivity contribution in [1.29, 1.82) is 0 Å². The third kappa shape index (κ3) is 2.24. The molecule has 1 aromatic heterocycles. The van der Waals surface area contributed by atoms with E-state index >= 15 is 0 Å². The highest BCUT2D eigenvalue weighted by Crippen LogP contribution is 2.33. The summed E-state index contributed by atoms with van der Waals surface area (Å²) in [6.45, 7) is 1.81. The average molecular weight is 266 g/mol. The number of hydrogen-bond donors (Lipinski definition) is 1. The van der Waals surface area contributed by atoms with Crippen molar-refractivity contribution < 1.29 is 14.6 Å². The van der Waals surface area contributed by atoms with Gasteiger partial charge in [-0.25, -0.2) is 4.98 Å². The van der Waals surface area contributed by atoms with Gasteiger partial charge in [-0.15, -0.1) is 0 Å². The van der Waals surface area contributed by atoms with Crippen LogP contribution in [0.1, 0.15) is 11.3 Å². The van der Waals surface area contributed by atoms with Gasteiger partial charge in [-0.1, -0.05) is 11.6 Å². The van der Waals surface area contributed by atoms with Crippen LogP contribution in [0.2, 0.25) is 5.02 Å². The van der Waals surface area contributed by atoms with Crippen molar-refractivity contribution in [3.05, 3.63) is 34.5 Å². The highest BCUT2D eigenvalue weighted by atomic mass is 35.5. The van der Waals surface area contributed by atoms with Gasteiger partial charge in [0.25, 0.3) is 0 Å². The van der Waals surface area contributed by atoms with E-state index in [9.17, 15) is 4.79 Å². The molecule has 2 aromatic rings. The van der Waals surface area contributed by atoms with Crippen molar-refractivity contribution in [3.63, 3.8) is 0 Å². The van der Waals surface area contributed by atoms with Gasteiger partial charge in [0.05, 0.1) is 18.6 Å². The van der Waals surface area contributed by atoms with Gasteiger partial charge in [0.15, 0.2) is 0 Å². The number of carbonyl (C=O) groups is 1. The molecule has 94 valence electrons. The minimum absolute atomic E-state index is 0.0905. The van der Waals surface area contributed by atoms with Gasteiger partial charge in [-0.05, 0) is 30.7 Å². The normalized spacial score (nSPS) is 10.6. The Morgan fingerprint density at radius 1 is 1.50 bits per heavy atom. The Morgan fingerprint density at radius 2 is 2.22 bits per heavy atom. The Morgan fingerprint density at radius 3 is 2.83 bits per heavy atom. The van der Waals surface area contributed by atoms with E-state index in [4.69, 9.17) is 21.4 Å². The molecule has 1 heterocycles. The standard InChI is InChI=1S/C13H12ClNO3/c1-7-5-8(6-11(16)17)12-9(14)3-4-10(18-2)13(12)15-7/h3-5H,6H2,1-2H3,(H,16,17). The van der Waals surface area contributed by atoms with Gasteiger partial charge in [-0.3, -0.25) is 4.79 Å². The predicted octanol–water partition coefficient (Wildman–Crippen LogP) is 2.83. The van der Waals surface area contributed by atoms with E-state index < -0.39 is 5.97 Å². The van der Waals surface area contributed by atoms with E-state index in [1.54, 1.807) is 25.3 Å². The maximum absolute atomic E-state index is 10.9. The Bertz CT molecular complexity index is 625. The van der Waals surface area contributed by atoms with Gasteiger partial charge in [-0.2, -0.15) is 0 Å². The molecular weight excluding hydrogens is 254 g/mol. The molecule has 1 N–H and O–H groups in total. The lowest BCUT2D eigenvalue weighted by molar-refractivity contribution is -0.136. The number of halogens is 1. The van der Waals surface area contributed by atoms with Crippen LogP contribution in [0.25, 0.3) is 10.9 Å². The molecule has 0 amide bonds. The van der Waals surface area contributed by atoms with E-state index in [0.717, 1.165) is 5.69 Å². The Hall–Kier alpha value is -1.81. The van der Waals surface area contributed by atoms with Crippen molar-refractivity contribution in [1.82, 2.24) is 4.98 Å². The fourth-order valence-electron chi connectivity index (χ4n) is 1.96. The largest absolute Gasteiger partial charge is 0.494 e. The number of fused-ring (bicyclic) bond motifs is 1. The second-order valence-electron chi connectivity index (χ2n) is 3.97. The van der Waals surface area contributed by atoms with E-state index in [1.165, 1.54) is 0 Å². The molecule has 0 atom stereocenters. The first kappa shape index (κ1) is 12.6. The molecule has 0 radical (unpaired) electrons. The predicted molar refractivity (Wildman–Crippen MR) is 69.4 cm³/mol. The smallest absolute Gasteiger partial charge is 0.307 e. The lowest BCUT2D eigenvalue weighted by Gasteiger charge is -2.11. The number of aryl methyl sites for hydroxylation is 1. The first-order chi connectivity index (χ1) is 8.52. The van der Waals surface area contributed by atoms with Gasteiger partial charge < -0.3 is 9.84 Å². The maximum atomic E-state index is 10.9. The molecule has 0 aliphatic carbocycles. The molecule has 0 aliphatic rings. The summed E-state index contributed by atoms with van der Waals surface area (Å²) in [4.78, 5) is 15.3. The zero-order valence-corrected chi connectivity index (χ0v) is 10.8. The van der Waals surface area contributed by atoms with Gasteiger partial charge in [0.1, 0.15) is 11.3 Å². The van der Waals surface area contributed by atoms with Crippen LogP contribution < -0.4 is 4.74 Å². The Labute approximate surface area is 109 Å². The number of hydrogen-bond acceptors (Lipinski definition) is 3. The van der Waals surface area contributed by atoms with Crippen LogP contribution in [0.15, 0.2) is 18.2 Å². The van der Waals surface area contributed by atoms with Crippen LogP contribution in [0, 0.1) is 6.92 Å². The molecule has 0 aliphatic heterocycles. The van der Waals surface area contributed by atoms with Crippen molar-refractivity contribution >= 4 is 28.5 Å². The molecule has 0 fully saturated rings. The van der Waals surface area contributed by atoms with Gasteiger partial charge in [0.2, 0.25) is 0 Å². The summed E-state index contributed by atoms with van der Waals surface area (Å²) >= 11 is 6.14. The van der Waals surface area contributed by atoms with Gasteiger partial charge in [0, 0.05) is 11.1 Å². The van der Waals surface area contributed by atoms with E-state index in [0.29, 0.717) is 27.2 Å². The molecule has 1 aromatic carbocycles. The molecule has 0 spiro atoms. The minimum Gasteiger partial charge on any atom is -0.494 e. The monoisotopic (exact) mass is 265 g/mol. The Balaban J connectivity index is 2.81. The quantitative estimate of drug-likeness (QED) is 0.927. The summed E-state index contributed by atoms with van der Waals surface area (Å²) in [5.74, 6) is -0.314. The van der Waals surface area contributed by atoms with Crippen LogP contribution in [0.3, 0.4) is 0 Å². The summed E-state index contributed by atoms with van der Waals surface area (Å²) in [5, 5.41) is 10.1. The molecule has 4 nitrogen and oxygen atoms in total. The summed E-state index contributed by atoms with van der Waals surface area (Å²) in [5.41, 5.74) is 1.98. The van der Waals surface area contributed by atoms with Crippen LogP contribution in [0.5, 0.6) is 5.75 Å². The van der Waals surface area contributed by atoms with E-state index in [-0.39, 0.29) is 6.42 Å². The number of aliphatic carboxylic acids is 1. The fraction of sp³-hybridized carbons (Fsp3) is 0.231. The van der Waals surface area contributed by atoms with Crippen LogP contribution in [-0.4, -0.2) is 23.2 Å². The summed E-state index contributed by atoms with van der Waals surface area (Å²) < 4.78 is 5.23. The van der Waals surface area contributed by atoms with E-state index in [2.05, 4.69) is 4.98 Å². The van der Waals surface area contributed by atoms with Crippen LogP contribution >= 0.6 is 11.6 Å². The SMILES string of the molecule is COc1ccc(Cl)c2c(CC(=O)O)cc(C)nc12. The second-order valence-corrected chi connectivity index (χ2v) is 4.37.